The van der Waals surface area contributed by atoms with Crippen molar-refractivity contribution in [3.8, 4) is 34.0 Å². The molecule has 0 spiro atoms. The van der Waals surface area contributed by atoms with Gasteiger partial charge in [-0.15, -0.1) is 0 Å². The minimum absolute atomic E-state index is 0.132. The molecule has 0 saturated carbocycles. The third-order valence-electron chi connectivity index (χ3n) is 4.76. The monoisotopic (exact) mass is 380 g/mol. The van der Waals surface area contributed by atoms with Crippen LogP contribution in [0.1, 0.15) is 0 Å². The molecule has 6 nitrogen and oxygen atoms in total. The third-order valence-corrected chi connectivity index (χ3v) is 4.76. The van der Waals surface area contributed by atoms with Crippen LogP contribution in [0.2, 0.25) is 0 Å². The second-order valence-corrected chi connectivity index (χ2v) is 6.63. The number of rotatable bonds is 3. The fourth-order valence-electron chi connectivity index (χ4n) is 3.44. The Kier molecular flexibility index (Phi) is 3.95. The van der Waals surface area contributed by atoms with Gasteiger partial charge in [-0.05, 0) is 23.8 Å². The average Bonchev–Trinajstić information content (AvgIpc) is 3.09. The molecular formula is C23H16N4O2. The molecule has 0 aliphatic heterocycles. The Bertz CT molecular complexity index is 1390. The summed E-state index contributed by atoms with van der Waals surface area (Å²) < 4.78 is 1.56. The Labute approximate surface area is 165 Å². The lowest BCUT2D eigenvalue weighted by molar-refractivity contribution is 0.475. The van der Waals surface area contributed by atoms with Gasteiger partial charge in [-0.25, -0.2) is 19.3 Å². The molecule has 29 heavy (non-hydrogen) atoms. The molecule has 0 aliphatic carbocycles. The van der Waals surface area contributed by atoms with Crippen LogP contribution in [0.15, 0.2) is 89.9 Å². The van der Waals surface area contributed by atoms with Gasteiger partial charge in [-0.1, -0.05) is 60.7 Å². The number of phenolic OH excluding ortho intramolecular Hbond substituents is 1. The summed E-state index contributed by atoms with van der Waals surface area (Å²) in [7, 11) is 0. The van der Waals surface area contributed by atoms with Crippen LogP contribution in [0.25, 0.3) is 39.4 Å². The molecule has 0 atom stereocenters. The fourth-order valence-corrected chi connectivity index (χ4v) is 3.44. The molecule has 2 heterocycles. The fraction of sp³-hybridized carbons (Fsp3) is 0. The van der Waals surface area contributed by atoms with Crippen LogP contribution >= 0.6 is 0 Å². The van der Waals surface area contributed by atoms with Crippen LogP contribution in [-0.4, -0.2) is 24.6 Å². The third kappa shape index (κ3) is 2.96. The van der Waals surface area contributed by atoms with Crippen LogP contribution in [-0.2, 0) is 0 Å². The quantitative estimate of drug-likeness (QED) is 0.493. The van der Waals surface area contributed by atoms with Gasteiger partial charge in [-0.3, -0.25) is 0 Å². The average molecular weight is 380 g/mol. The smallest absolute Gasteiger partial charge is 0.332 e. The summed E-state index contributed by atoms with van der Waals surface area (Å²) in [6, 6.07) is 24.3. The molecule has 140 valence electrons. The van der Waals surface area contributed by atoms with Gasteiger partial charge in [-0.2, -0.15) is 0 Å². The normalized spacial score (nSPS) is 11.0. The number of H-pyrrole nitrogens is 1. The first kappa shape index (κ1) is 16.9. The van der Waals surface area contributed by atoms with Crippen LogP contribution in [0.4, 0.5) is 0 Å². The standard InChI is InChI=1S/C23H16N4O2/c28-17-10-6-9-16(13-17)21-24-14-19-22(26-21)27(23(29)25-19)20-12-5-4-11-18(20)15-7-2-1-3-8-15/h1-14,28H,(H,25,29). The number of aromatic amines is 1. The predicted octanol–water partition coefficient (Wildman–Crippen LogP) is 4.15. The van der Waals surface area contributed by atoms with Gasteiger partial charge in [0.05, 0.1) is 11.9 Å². The van der Waals surface area contributed by atoms with E-state index in [9.17, 15) is 9.90 Å². The lowest BCUT2D eigenvalue weighted by Gasteiger charge is -2.11. The summed E-state index contributed by atoms with van der Waals surface area (Å²) in [5.74, 6) is 0.561. The molecule has 0 saturated heterocycles. The Balaban J connectivity index is 1.76. The van der Waals surface area contributed by atoms with Gasteiger partial charge in [0.25, 0.3) is 0 Å². The largest absolute Gasteiger partial charge is 0.508 e. The molecule has 0 bridgehead atoms. The number of imidazole rings is 1. The Morgan fingerprint density at radius 2 is 1.62 bits per heavy atom. The SMILES string of the molecule is O=c1[nH]c2cnc(-c3cccc(O)c3)nc2n1-c1ccccc1-c1ccccc1. The van der Waals surface area contributed by atoms with E-state index in [1.807, 2.05) is 60.7 Å². The van der Waals surface area contributed by atoms with Crippen molar-refractivity contribution in [3.05, 3.63) is 95.5 Å². The van der Waals surface area contributed by atoms with E-state index >= 15 is 0 Å². The van der Waals surface area contributed by atoms with E-state index in [0.29, 0.717) is 22.6 Å². The zero-order chi connectivity index (χ0) is 19.8. The van der Waals surface area contributed by atoms with Crippen LogP contribution < -0.4 is 5.69 Å². The number of phenols is 1. The van der Waals surface area contributed by atoms with E-state index in [-0.39, 0.29) is 11.4 Å². The minimum Gasteiger partial charge on any atom is -0.508 e. The van der Waals surface area contributed by atoms with Crippen LogP contribution in [0, 0.1) is 0 Å². The molecule has 0 unspecified atom stereocenters. The highest BCUT2D eigenvalue weighted by atomic mass is 16.3. The molecule has 5 aromatic rings. The van der Waals surface area contributed by atoms with Gasteiger partial charge >= 0.3 is 5.69 Å². The summed E-state index contributed by atoms with van der Waals surface area (Å²) >= 11 is 0. The van der Waals surface area contributed by atoms with Crippen molar-refractivity contribution >= 4 is 11.2 Å². The van der Waals surface area contributed by atoms with E-state index in [0.717, 1.165) is 16.8 Å². The number of hydrogen-bond acceptors (Lipinski definition) is 4. The van der Waals surface area contributed by atoms with Gasteiger partial charge in [0.2, 0.25) is 0 Å². The minimum atomic E-state index is -0.286. The van der Waals surface area contributed by atoms with Gasteiger partial charge < -0.3 is 10.1 Å². The van der Waals surface area contributed by atoms with E-state index in [2.05, 4.69) is 15.0 Å². The molecule has 2 N–H and O–H groups in total. The second kappa shape index (κ2) is 6.76. The summed E-state index contributed by atoms with van der Waals surface area (Å²) in [5.41, 5.74) is 4.07. The number of nitrogens with zero attached hydrogens (tertiary/aromatic N) is 3. The highest BCUT2D eigenvalue weighted by Crippen LogP contribution is 2.28. The highest BCUT2D eigenvalue weighted by molar-refractivity contribution is 5.80. The highest BCUT2D eigenvalue weighted by Gasteiger charge is 2.16. The zero-order valence-electron chi connectivity index (χ0n) is 15.3. The van der Waals surface area contributed by atoms with Crippen molar-refractivity contribution in [3.63, 3.8) is 0 Å². The predicted molar refractivity (Wildman–Crippen MR) is 112 cm³/mol. The Hall–Kier alpha value is -4.19. The van der Waals surface area contributed by atoms with Crippen LogP contribution in [0.3, 0.4) is 0 Å². The first-order chi connectivity index (χ1) is 14.2. The number of para-hydroxylation sites is 1. The molecule has 0 amide bonds. The molecule has 3 aromatic carbocycles. The number of fused-ring (bicyclic) bond motifs is 1. The van der Waals surface area contributed by atoms with E-state index in [1.54, 1.807) is 29.0 Å². The maximum absolute atomic E-state index is 12.8. The first-order valence-electron chi connectivity index (χ1n) is 9.13. The van der Waals surface area contributed by atoms with Crippen molar-refractivity contribution in [1.29, 1.82) is 0 Å². The lowest BCUT2D eigenvalue weighted by atomic mass is 10.0. The molecule has 0 aliphatic rings. The van der Waals surface area contributed by atoms with Gasteiger partial charge in [0.1, 0.15) is 11.3 Å². The van der Waals surface area contributed by atoms with Crippen molar-refractivity contribution in [2.75, 3.05) is 0 Å². The topological polar surface area (TPSA) is 83.8 Å². The summed E-state index contributed by atoms with van der Waals surface area (Å²) in [4.78, 5) is 24.6. The Morgan fingerprint density at radius 3 is 2.45 bits per heavy atom. The summed E-state index contributed by atoms with van der Waals surface area (Å²) in [6.45, 7) is 0. The molecule has 5 rings (SSSR count). The van der Waals surface area contributed by atoms with Crippen molar-refractivity contribution in [2.24, 2.45) is 0 Å². The van der Waals surface area contributed by atoms with Crippen molar-refractivity contribution < 1.29 is 5.11 Å². The summed E-state index contributed by atoms with van der Waals surface area (Å²) in [5, 5.41) is 9.77. The van der Waals surface area contributed by atoms with E-state index in [4.69, 9.17) is 0 Å². The van der Waals surface area contributed by atoms with Crippen LogP contribution in [0.5, 0.6) is 5.75 Å². The maximum atomic E-state index is 12.8. The molecule has 2 aromatic heterocycles. The number of aromatic nitrogens is 4. The van der Waals surface area contributed by atoms with E-state index < -0.39 is 0 Å². The van der Waals surface area contributed by atoms with Gasteiger partial charge in [0, 0.05) is 11.1 Å². The number of benzene rings is 3. The molecule has 0 fully saturated rings. The van der Waals surface area contributed by atoms with E-state index in [1.165, 1.54) is 0 Å². The number of hydrogen-bond donors (Lipinski definition) is 2. The Morgan fingerprint density at radius 1 is 0.862 bits per heavy atom. The number of nitrogens with one attached hydrogen (secondary N) is 1. The zero-order valence-corrected chi connectivity index (χ0v) is 15.3. The number of aromatic hydroxyl groups is 1. The first-order valence-corrected chi connectivity index (χ1v) is 9.13. The molecular weight excluding hydrogens is 364 g/mol. The second-order valence-electron chi connectivity index (χ2n) is 6.63. The molecule has 6 heteroatoms. The summed E-state index contributed by atoms with van der Waals surface area (Å²) in [6.07, 6.45) is 1.59. The van der Waals surface area contributed by atoms with Crippen molar-refractivity contribution in [2.45, 2.75) is 0 Å². The van der Waals surface area contributed by atoms with Gasteiger partial charge in [0.15, 0.2) is 11.5 Å². The lowest BCUT2D eigenvalue weighted by Crippen LogP contribution is -2.15. The molecule has 0 radical (unpaired) electrons. The maximum Gasteiger partial charge on any atom is 0.332 e. The van der Waals surface area contributed by atoms with Crippen molar-refractivity contribution in [1.82, 2.24) is 19.5 Å².